The highest BCUT2D eigenvalue weighted by molar-refractivity contribution is 5.25. The van der Waals surface area contributed by atoms with Crippen LogP contribution in [0.2, 0.25) is 0 Å². The van der Waals surface area contributed by atoms with Gasteiger partial charge in [0, 0.05) is 18.2 Å². The summed E-state index contributed by atoms with van der Waals surface area (Å²) in [6.07, 6.45) is 1.79. The molecular weight excluding hydrogens is 226 g/mol. The molecule has 2 rings (SSSR count). The third-order valence-corrected chi connectivity index (χ3v) is 2.83. The molecule has 1 atom stereocenters. The number of nitrogens with zero attached hydrogens (tertiary/aromatic N) is 1. The molecule has 1 saturated carbocycles. The summed E-state index contributed by atoms with van der Waals surface area (Å²) in [6, 6.07) is 4.89. The van der Waals surface area contributed by atoms with E-state index in [0.29, 0.717) is 0 Å². The molecule has 3 nitrogen and oxygen atoms in total. The van der Waals surface area contributed by atoms with Crippen molar-refractivity contribution < 1.29 is 13.5 Å². The van der Waals surface area contributed by atoms with Gasteiger partial charge < -0.3 is 10.5 Å². The number of hydrogen-bond acceptors (Lipinski definition) is 3. The van der Waals surface area contributed by atoms with E-state index in [9.17, 15) is 8.78 Å². The average molecular weight is 238 g/mol. The Bertz CT molecular complexity index is 448. The van der Waals surface area contributed by atoms with E-state index in [4.69, 9.17) is 15.7 Å². The Morgan fingerprint density at radius 2 is 1.94 bits per heavy atom. The molecule has 17 heavy (non-hydrogen) atoms. The number of nitrogens with two attached hydrogens (primary N) is 1. The first kappa shape index (κ1) is 11.8. The van der Waals surface area contributed by atoms with Crippen molar-refractivity contribution >= 4 is 0 Å². The lowest BCUT2D eigenvalue weighted by atomic mass is 9.98. The first-order valence-electron chi connectivity index (χ1n) is 5.32. The summed E-state index contributed by atoms with van der Waals surface area (Å²) in [7, 11) is 0. The Balaban J connectivity index is 2.04. The van der Waals surface area contributed by atoms with Gasteiger partial charge in [-0.2, -0.15) is 5.26 Å². The number of nitriles is 1. The maximum absolute atomic E-state index is 12.9. The first-order chi connectivity index (χ1) is 8.03. The molecule has 0 amide bonds. The molecule has 1 aromatic rings. The van der Waals surface area contributed by atoms with Gasteiger partial charge in [-0.05, 0) is 18.8 Å². The fraction of sp³-hybridized carbons (Fsp3) is 0.417. The highest BCUT2D eigenvalue weighted by atomic mass is 19.1. The van der Waals surface area contributed by atoms with Crippen LogP contribution in [0.1, 0.15) is 12.8 Å². The second-order valence-corrected chi connectivity index (χ2v) is 4.32. The second-order valence-electron chi connectivity index (χ2n) is 4.32. The number of halogens is 2. The highest BCUT2D eigenvalue weighted by Gasteiger charge is 2.43. The van der Waals surface area contributed by atoms with E-state index in [1.54, 1.807) is 0 Å². The first-order valence-corrected chi connectivity index (χ1v) is 5.32. The minimum absolute atomic E-state index is 0.0493. The van der Waals surface area contributed by atoms with Crippen LogP contribution in [0.3, 0.4) is 0 Å². The van der Waals surface area contributed by atoms with Gasteiger partial charge in [0.15, 0.2) is 0 Å². The fourth-order valence-corrected chi connectivity index (χ4v) is 1.65. The van der Waals surface area contributed by atoms with Crippen LogP contribution >= 0.6 is 0 Å². The molecule has 0 spiro atoms. The molecule has 90 valence electrons. The minimum Gasteiger partial charge on any atom is -0.490 e. The monoisotopic (exact) mass is 238 g/mol. The normalized spacial score (nSPS) is 18.2. The third kappa shape index (κ3) is 2.71. The summed E-state index contributed by atoms with van der Waals surface area (Å²) >= 11 is 0. The van der Waals surface area contributed by atoms with Crippen molar-refractivity contribution in [1.82, 2.24) is 0 Å². The Labute approximate surface area is 97.8 Å². The molecule has 0 aliphatic heterocycles. The van der Waals surface area contributed by atoms with Crippen LogP contribution in [0.15, 0.2) is 18.2 Å². The van der Waals surface area contributed by atoms with E-state index < -0.39 is 17.2 Å². The van der Waals surface area contributed by atoms with Crippen molar-refractivity contribution in [2.24, 2.45) is 11.7 Å². The Kier molecular flexibility index (Phi) is 2.99. The van der Waals surface area contributed by atoms with Crippen molar-refractivity contribution in [2.75, 3.05) is 6.61 Å². The fourth-order valence-electron chi connectivity index (χ4n) is 1.65. The van der Waals surface area contributed by atoms with Crippen molar-refractivity contribution in [3.05, 3.63) is 29.8 Å². The summed E-state index contributed by atoms with van der Waals surface area (Å²) in [6.45, 7) is -0.0585. The lowest BCUT2D eigenvalue weighted by molar-refractivity contribution is 0.235. The smallest absolute Gasteiger partial charge is 0.141 e. The maximum Gasteiger partial charge on any atom is 0.141 e. The van der Waals surface area contributed by atoms with Gasteiger partial charge in [0.25, 0.3) is 0 Å². The predicted molar refractivity (Wildman–Crippen MR) is 57.1 cm³/mol. The molecule has 1 aromatic carbocycles. The molecule has 1 aliphatic carbocycles. The zero-order valence-corrected chi connectivity index (χ0v) is 9.12. The van der Waals surface area contributed by atoms with Gasteiger partial charge >= 0.3 is 0 Å². The standard InChI is InChI=1S/C12H12F2N2O/c13-9-3-10(14)5-11(4-9)17-7-12(16,6-15)8-1-2-8/h3-5,8H,1-2,7,16H2. The molecule has 1 aliphatic rings. The molecule has 0 heterocycles. The summed E-state index contributed by atoms with van der Waals surface area (Å²) < 4.78 is 31.0. The Morgan fingerprint density at radius 1 is 1.35 bits per heavy atom. The third-order valence-electron chi connectivity index (χ3n) is 2.83. The molecule has 0 bridgehead atoms. The van der Waals surface area contributed by atoms with Gasteiger partial charge in [0.05, 0.1) is 6.07 Å². The molecule has 1 unspecified atom stereocenters. The number of hydrogen-bond donors (Lipinski definition) is 1. The van der Waals surface area contributed by atoms with Crippen molar-refractivity contribution in [3.63, 3.8) is 0 Å². The summed E-state index contributed by atoms with van der Waals surface area (Å²) in [5, 5.41) is 8.98. The molecule has 2 N–H and O–H groups in total. The maximum atomic E-state index is 12.9. The topological polar surface area (TPSA) is 59.0 Å². The summed E-state index contributed by atoms with van der Waals surface area (Å²) in [4.78, 5) is 0. The van der Waals surface area contributed by atoms with E-state index >= 15 is 0 Å². The molecular formula is C12H12F2N2O. The number of rotatable bonds is 4. The van der Waals surface area contributed by atoms with Crippen LogP contribution in [0.5, 0.6) is 5.75 Å². The van der Waals surface area contributed by atoms with Crippen molar-refractivity contribution in [1.29, 1.82) is 5.26 Å². The van der Waals surface area contributed by atoms with Crippen LogP contribution in [0, 0.1) is 28.9 Å². The van der Waals surface area contributed by atoms with Gasteiger partial charge in [-0.25, -0.2) is 8.78 Å². The van der Waals surface area contributed by atoms with Gasteiger partial charge in [0.2, 0.25) is 0 Å². The quantitative estimate of drug-likeness (QED) is 0.872. The minimum atomic E-state index is -1.07. The lowest BCUT2D eigenvalue weighted by Gasteiger charge is -2.21. The van der Waals surface area contributed by atoms with Crippen molar-refractivity contribution in [2.45, 2.75) is 18.4 Å². The van der Waals surface area contributed by atoms with Crippen LogP contribution in [-0.2, 0) is 0 Å². The van der Waals surface area contributed by atoms with Crippen LogP contribution < -0.4 is 10.5 Å². The SMILES string of the molecule is N#CC(N)(COc1cc(F)cc(F)c1)C1CC1. The summed E-state index contributed by atoms with van der Waals surface area (Å²) in [5.41, 5.74) is 4.79. The number of ether oxygens (including phenoxy) is 1. The molecule has 0 aromatic heterocycles. The second kappa shape index (κ2) is 4.30. The van der Waals surface area contributed by atoms with Gasteiger partial charge in [-0.1, -0.05) is 0 Å². The van der Waals surface area contributed by atoms with E-state index in [1.165, 1.54) is 0 Å². The van der Waals surface area contributed by atoms with Crippen LogP contribution in [0.4, 0.5) is 8.78 Å². The zero-order chi connectivity index (χ0) is 12.5. The molecule has 5 heteroatoms. The number of benzene rings is 1. The highest BCUT2D eigenvalue weighted by Crippen LogP contribution is 2.38. The van der Waals surface area contributed by atoms with Gasteiger partial charge in [0.1, 0.15) is 29.5 Å². The Hall–Kier alpha value is -1.67. The van der Waals surface area contributed by atoms with Crippen LogP contribution in [0.25, 0.3) is 0 Å². The van der Waals surface area contributed by atoms with E-state index in [2.05, 4.69) is 0 Å². The van der Waals surface area contributed by atoms with Crippen molar-refractivity contribution in [3.8, 4) is 11.8 Å². The summed E-state index contributed by atoms with van der Waals surface area (Å²) in [5.74, 6) is -1.27. The predicted octanol–water partition coefficient (Wildman–Crippen LogP) is 1.97. The van der Waals surface area contributed by atoms with Gasteiger partial charge in [-0.15, -0.1) is 0 Å². The average Bonchev–Trinajstić information content (AvgIpc) is 3.08. The Morgan fingerprint density at radius 3 is 2.41 bits per heavy atom. The van der Waals surface area contributed by atoms with Gasteiger partial charge in [-0.3, -0.25) is 0 Å². The zero-order valence-electron chi connectivity index (χ0n) is 9.12. The van der Waals surface area contributed by atoms with E-state index in [1.807, 2.05) is 6.07 Å². The van der Waals surface area contributed by atoms with E-state index in [0.717, 1.165) is 31.0 Å². The molecule has 0 saturated heterocycles. The van der Waals surface area contributed by atoms with E-state index in [-0.39, 0.29) is 18.3 Å². The van der Waals surface area contributed by atoms with Crippen LogP contribution in [-0.4, -0.2) is 12.1 Å². The molecule has 1 fully saturated rings. The molecule has 0 radical (unpaired) electrons. The largest absolute Gasteiger partial charge is 0.490 e. The lowest BCUT2D eigenvalue weighted by Crippen LogP contribution is -2.46.